The molecule has 5 heteroatoms. The highest BCUT2D eigenvalue weighted by Crippen LogP contribution is 2.22. The van der Waals surface area contributed by atoms with Crippen LogP contribution in [0.15, 0.2) is 42.5 Å². The lowest BCUT2D eigenvalue weighted by Crippen LogP contribution is -2.28. The predicted molar refractivity (Wildman–Crippen MR) is 93.7 cm³/mol. The minimum absolute atomic E-state index is 0.0108. The number of thioether (sulfide) groups is 1. The molecule has 116 valence electrons. The summed E-state index contributed by atoms with van der Waals surface area (Å²) in [4.78, 5) is 26.2. The summed E-state index contributed by atoms with van der Waals surface area (Å²) in [6.07, 6.45) is 0. The van der Waals surface area contributed by atoms with Crippen LogP contribution in [0.1, 0.15) is 33.1 Å². The Morgan fingerprint density at radius 1 is 1.14 bits per heavy atom. The zero-order valence-electron chi connectivity index (χ0n) is 12.7. The van der Waals surface area contributed by atoms with Crippen molar-refractivity contribution in [2.45, 2.75) is 19.9 Å². The third-order valence-corrected chi connectivity index (χ3v) is 5.24. The number of rotatable bonds is 7. The lowest BCUT2D eigenvalue weighted by Gasteiger charge is -2.11. The third-order valence-electron chi connectivity index (χ3n) is 3.13. The number of nitrogens with one attached hydrogen (secondary N) is 1. The Kier molecular flexibility index (Phi) is 6.21. The Balaban J connectivity index is 1.73. The molecule has 1 atom stereocenters. The summed E-state index contributed by atoms with van der Waals surface area (Å²) >= 11 is 3.04. The first-order chi connectivity index (χ1) is 10.6. The van der Waals surface area contributed by atoms with Crippen molar-refractivity contribution >= 4 is 34.8 Å². The normalized spacial score (nSPS) is 11.9. The third kappa shape index (κ3) is 5.00. The molecule has 0 bridgehead atoms. The quantitative estimate of drug-likeness (QED) is 0.783. The van der Waals surface area contributed by atoms with Crippen molar-refractivity contribution in [1.29, 1.82) is 0 Å². The first-order valence-corrected chi connectivity index (χ1v) is 9.05. The molecule has 0 saturated carbocycles. The van der Waals surface area contributed by atoms with E-state index in [-0.39, 0.29) is 17.7 Å². The van der Waals surface area contributed by atoms with Gasteiger partial charge in [-0.1, -0.05) is 30.3 Å². The molecule has 1 N–H and O–H groups in total. The highest BCUT2D eigenvalue weighted by atomic mass is 32.2. The molecule has 2 rings (SSSR count). The van der Waals surface area contributed by atoms with Crippen LogP contribution in [0.3, 0.4) is 0 Å². The van der Waals surface area contributed by atoms with Crippen LogP contribution in [0.25, 0.3) is 0 Å². The molecule has 0 fully saturated rings. The summed E-state index contributed by atoms with van der Waals surface area (Å²) in [6.45, 7) is 4.02. The van der Waals surface area contributed by atoms with E-state index in [0.29, 0.717) is 17.1 Å². The topological polar surface area (TPSA) is 46.2 Å². The highest BCUT2D eigenvalue weighted by molar-refractivity contribution is 8.00. The van der Waals surface area contributed by atoms with Gasteiger partial charge >= 0.3 is 0 Å². The van der Waals surface area contributed by atoms with Crippen molar-refractivity contribution < 1.29 is 9.59 Å². The molecule has 22 heavy (non-hydrogen) atoms. The second kappa shape index (κ2) is 8.15. The highest BCUT2D eigenvalue weighted by Gasteiger charge is 2.12. The summed E-state index contributed by atoms with van der Waals surface area (Å²) < 4.78 is 0. The predicted octanol–water partition coefficient (Wildman–Crippen LogP) is 3.85. The Hall–Kier alpha value is -1.59. The molecule has 1 aromatic heterocycles. The molecule has 0 spiro atoms. The van der Waals surface area contributed by atoms with Crippen molar-refractivity contribution in [3.8, 4) is 0 Å². The molecule has 3 nitrogen and oxygen atoms in total. The van der Waals surface area contributed by atoms with Gasteiger partial charge in [0.1, 0.15) is 0 Å². The number of thiophene rings is 1. The molecular formula is C17H19NO2S2. The molecule has 1 aromatic carbocycles. The number of ketones is 1. The largest absolute Gasteiger partial charge is 0.348 e. The van der Waals surface area contributed by atoms with Gasteiger partial charge in [-0.15, -0.1) is 23.1 Å². The molecule has 0 saturated heterocycles. The second-order valence-electron chi connectivity index (χ2n) is 5.02. The van der Waals surface area contributed by atoms with Crippen molar-refractivity contribution in [3.05, 3.63) is 57.8 Å². The molecule has 0 unspecified atom stereocenters. The van der Waals surface area contributed by atoms with E-state index >= 15 is 0 Å². The van der Waals surface area contributed by atoms with Gasteiger partial charge < -0.3 is 5.32 Å². The van der Waals surface area contributed by atoms with Crippen LogP contribution in [0.2, 0.25) is 0 Å². The van der Waals surface area contributed by atoms with Gasteiger partial charge in [0.2, 0.25) is 5.91 Å². The van der Waals surface area contributed by atoms with Crippen LogP contribution in [0.5, 0.6) is 0 Å². The smallest absolute Gasteiger partial charge is 0.230 e. The van der Waals surface area contributed by atoms with Gasteiger partial charge in [0.05, 0.1) is 17.5 Å². The van der Waals surface area contributed by atoms with Crippen LogP contribution in [-0.4, -0.2) is 23.2 Å². The van der Waals surface area contributed by atoms with E-state index in [1.54, 1.807) is 23.5 Å². The van der Waals surface area contributed by atoms with Crippen molar-refractivity contribution in [2.75, 3.05) is 11.5 Å². The number of benzene rings is 1. The Morgan fingerprint density at radius 2 is 1.86 bits per heavy atom. The van der Waals surface area contributed by atoms with Gasteiger partial charge in [-0.25, -0.2) is 0 Å². The second-order valence-corrected chi connectivity index (χ2v) is 7.32. The minimum Gasteiger partial charge on any atom is -0.348 e. The lowest BCUT2D eigenvalue weighted by atomic mass is 10.2. The number of carbonyl (C=O) groups excluding carboxylic acids is 2. The summed E-state index contributed by atoms with van der Waals surface area (Å²) in [5, 5.41) is 2.96. The minimum atomic E-state index is -0.0376. The first-order valence-electron chi connectivity index (χ1n) is 7.08. The van der Waals surface area contributed by atoms with E-state index in [9.17, 15) is 9.59 Å². The first kappa shape index (κ1) is 16.8. The fourth-order valence-corrected chi connectivity index (χ4v) is 3.59. The van der Waals surface area contributed by atoms with E-state index in [1.165, 1.54) is 16.6 Å². The van der Waals surface area contributed by atoms with Crippen molar-refractivity contribution in [3.63, 3.8) is 0 Å². The number of hydrogen-bond donors (Lipinski definition) is 1. The molecule has 0 aliphatic rings. The molecule has 0 radical (unpaired) electrons. The monoisotopic (exact) mass is 333 g/mol. The zero-order chi connectivity index (χ0) is 15.9. The lowest BCUT2D eigenvalue weighted by molar-refractivity contribution is -0.119. The molecule has 0 aliphatic heterocycles. The van der Waals surface area contributed by atoms with E-state index in [1.807, 2.05) is 38.1 Å². The standard InChI is InChI=1S/C17H19NO2S2/c1-12-8-9-16(22-12)13(2)18-17(20)11-21-10-15(19)14-6-4-3-5-7-14/h3-9,13H,10-11H2,1-2H3,(H,18,20)/t13-/m0/s1. The fraction of sp³-hybridized carbons (Fsp3) is 0.294. The van der Waals surface area contributed by atoms with Crippen LogP contribution in [0.4, 0.5) is 0 Å². The van der Waals surface area contributed by atoms with Gasteiger partial charge in [-0.2, -0.15) is 0 Å². The van der Waals surface area contributed by atoms with Crippen LogP contribution >= 0.6 is 23.1 Å². The molecule has 1 heterocycles. The average Bonchev–Trinajstić information content (AvgIpc) is 2.94. The molecule has 1 amide bonds. The van der Waals surface area contributed by atoms with Crippen molar-refractivity contribution in [2.24, 2.45) is 0 Å². The van der Waals surface area contributed by atoms with E-state index in [0.717, 1.165) is 4.88 Å². The van der Waals surface area contributed by atoms with E-state index in [4.69, 9.17) is 0 Å². The summed E-state index contributed by atoms with van der Waals surface area (Å²) in [7, 11) is 0. The van der Waals surface area contributed by atoms with Gasteiger partial charge in [-0.05, 0) is 26.0 Å². The van der Waals surface area contributed by atoms with Crippen molar-refractivity contribution in [1.82, 2.24) is 5.32 Å². The molecule has 2 aromatic rings. The fourth-order valence-electron chi connectivity index (χ4n) is 1.98. The number of aryl methyl sites for hydroxylation is 1. The Morgan fingerprint density at radius 3 is 2.50 bits per heavy atom. The van der Waals surface area contributed by atoms with Crippen LogP contribution < -0.4 is 5.32 Å². The molecule has 0 aliphatic carbocycles. The van der Waals surface area contributed by atoms with Crippen LogP contribution in [0, 0.1) is 6.92 Å². The maximum atomic E-state index is 11.9. The van der Waals surface area contributed by atoms with E-state index in [2.05, 4.69) is 11.4 Å². The number of amides is 1. The number of Topliss-reactive ketones (excluding diaryl/α,β-unsaturated/α-hetero) is 1. The zero-order valence-corrected chi connectivity index (χ0v) is 14.3. The van der Waals surface area contributed by atoms with Gasteiger partial charge in [-0.3, -0.25) is 9.59 Å². The van der Waals surface area contributed by atoms with Gasteiger partial charge in [0.15, 0.2) is 5.78 Å². The SMILES string of the molecule is Cc1ccc([C@H](C)NC(=O)CSCC(=O)c2ccccc2)s1. The van der Waals surface area contributed by atoms with E-state index < -0.39 is 0 Å². The van der Waals surface area contributed by atoms with Gasteiger partial charge in [0.25, 0.3) is 0 Å². The van der Waals surface area contributed by atoms with Gasteiger partial charge in [0, 0.05) is 15.3 Å². The number of carbonyl (C=O) groups is 2. The summed E-state index contributed by atoms with van der Waals surface area (Å²) in [5.41, 5.74) is 0.692. The molecular weight excluding hydrogens is 314 g/mol. The maximum Gasteiger partial charge on any atom is 0.230 e. The summed E-state index contributed by atoms with van der Waals surface area (Å²) in [5.74, 6) is 0.640. The Labute approximate surface area is 139 Å². The maximum absolute atomic E-state index is 11.9. The average molecular weight is 333 g/mol. The van der Waals surface area contributed by atoms with Crippen LogP contribution in [-0.2, 0) is 4.79 Å². The number of hydrogen-bond acceptors (Lipinski definition) is 4. The Bertz CT molecular complexity index is 637. The summed E-state index contributed by atoms with van der Waals surface area (Å²) in [6, 6.07) is 13.3.